The van der Waals surface area contributed by atoms with Crippen LogP contribution in [0.2, 0.25) is 5.02 Å². The van der Waals surface area contributed by atoms with Crippen LogP contribution in [0.1, 0.15) is 11.1 Å². The molecule has 0 aliphatic heterocycles. The van der Waals surface area contributed by atoms with Gasteiger partial charge in [-0.25, -0.2) is 13.8 Å². The van der Waals surface area contributed by atoms with Crippen LogP contribution in [-0.2, 0) is 21.2 Å². The highest BCUT2D eigenvalue weighted by Crippen LogP contribution is 2.34. The van der Waals surface area contributed by atoms with Crippen molar-refractivity contribution in [1.82, 2.24) is 10.1 Å². The van der Waals surface area contributed by atoms with E-state index in [2.05, 4.69) is 37.8 Å². The van der Waals surface area contributed by atoms with Crippen molar-refractivity contribution >= 4 is 56.3 Å². The highest BCUT2D eigenvalue weighted by molar-refractivity contribution is 14.1. The number of aromatic hydroxyl groups is 1. The Morgan fingerprint density at radius 3 is 2.50 bits per heavy atom. The summed E-state index contributed by atoms with van der Waals surface area (Å²) in [6.07, 6.45) is 1.42. The number of halogens is 2. The van der Waals surface area contributed by atoms with Crippen LogP contribution < -0.4 is 14.9 Å². The first-order valence-electron chi connectivity index (χ1n) is 9.91. The first kappa shape index (κ1) is 25.9. The van der Waals surface area contributed by atoms with Gasteiger partial charge in [-0.3, -0.25) is 4.79 Å². The predicted molar refractivity (Wildman–Crippen MR) is 139 cm³/mol. The molecule has 0 heterocycles. The van der Waals surface area contributed by atoms with Gasteiger partial charge in [0.2, 0.25) is 10.0 Å². The van der Waals surface area contributed by atoms with E-state index in [0.29, 0.717) is 5.56 Å². The molecule has 0 saturated heterocycles. The second-order valence-corrected chi connectivity index (χ2v) is 10.5. The molecule has 0 fully saturated rings. The fourth-order valence-electron chi connectivity index (χ4n) is 2.98. The zero-order valence-corrected chi connectivity index (χ0v) is 21.6. The first-order chi connectivity index (χ1) is 16.2. The van der Waals surface area contributed by atoms with E-state index in [0.717, 1.165) is 9.13 Å². The Labute approximate surface area is 216 Å². The molecule has 34 heavy (non-hydrogen) atoms. The van der Waals surface area contributed by atoms with Gasteiger partial charge < -0.3 is 9.84 Å². The number of nitrogens with zero attached hydrogens (tertiary/aromatic N) is 1. The van der Waals surface area contributed by atoms with Crippen molar-refractivity contribution in [3.05, 3.63) is 86.4 Å². The Morgan fingerprint density at radius 2 is 1.85 bits per heavy atom. The van der Waals surface area contributed by atoms with Crippen molar-refractivity contribution in [1.29, 1.82) is 0 Å². The maximum Gasteiger partial charge on any atom is 0.258 e. The molecular weight excluding hydrogens is 593 g/mol. The Balaban J connectivity index is 1.80. The van der Waals surface area contributed by atoms with Gasteiger partial charge in [0.05, 0.1) is 23.2 Å². The van der Waals surface area contributed by atoms with Gasteiger partial charge in [-0.05, 0) is 76.5 Å². The van der Waals surface area contributed by atoms with E-state index in [1.54, 1.807) is 36.4 Å². The van der Waals surface area contributed by atoms with Gasteiger partial charge in [-0.15, -0.1) is 0 Å². The number of hydrogen-bond donors (Lipinski definition) is 3. The molecule has 11 heteroatoms. The van der Waals surface area contributed by atoms with Crippen molar-refractivity contribution in [3.8, 4) is 11.5 Å². The number of nitrogens with one attached hydrogen (secondary N) is 2. The third-order valence-corrected chi connectivity index (χ3v) is 7.17. The van der Waals surface area contributed by atoms with Gasteiger partial charge in [-0.2, -0.15) is 9.82 Å². The highest BCUT2D eigenvalue weighted by Gasteiger charge is 2.26. The second-order valence-electron chi connectivity index (χ2n) is 7.11. The standard InChI is InChI=1S/C23H21ClIN3O5S/c1-33-21-13-16(11-19(24)22(21)29)14-26-27-23(30)20(12-15-5-3-2-4-6-15)28-34(31,32)18-9-7-17(25)8-10-18/h2-11,13-14,20,28-29H,12H2,1H3,(H,27,30)/b26-14-/t20-/m1/s1. The molecule has 178 valence electrons. The number of sulfonamides is 1. The molecule has 0 spiro atoms. The van der Waals surface area contributed by atoms with Gasteiger partial charge in [0.1, 0.15) is 6.04 Å². The van der Waals surface area contributed by atoms with Crippen LogP contribution in [0.3, 0.4) is 0 Å². The lowest BCUT2D eigenvalue weighted by molar-refractivity contribution is -0.122. The topological polar surface area (TPSA) is 117 Å². The number of hydrogen-bond acceptors (Lipinski definition) is 6. The zero-order chi connectivity index (χ0) is 24.7. The quantitative estimate of drug-likeness (QED) is 0.193. The minimum atomic E-state index is -3.97. The van der Waals surface area contributed by atoms with Crippen LogP contribution >= 0.6 is 34.2 Å². The van der Waals surface area contributed by atoms with Crippen LogP contribution in [0.5, 0.6) is 11.5 Å². The number of rotatable bonds is 9. The molecule has 3 rings (SSSR count). The fourth-order valence-corrected chi connectivity index (χ4v) is 4.75. The Kier molecular flexibility index (Phi) is 8.89. The molecule has 0 aliphatic carbocycles. The normalized spacial score (nSPS) is 12.4. The monoisotopic (exact) mass is 613 g/mol. The number of carbonyl (C=O) groups excluding carboxylic acids is 1. The summed E-state index contributed by atoms with van der Waals surface area (Å²) >= 11 is 8.04. The molecule has 1 amide bonds. The lowest BCUT2D eigenvalue weighted by Gasteiger charge is -2.17. The van der Waals surface area contributed by atoms with Gasteiger partial charge in [-0.1, -0.05) is 41.9 Å². The van der Waals surface area contributed by atoms with E-state index in [-0.39, 0.29) is 27.8 Å². The average Bonchev–Trinajstić information content (AvgIpc) is 2.81. The number of carbonyl (C=O) groups is 1. The summed E-state index contributed by atoms with van der Waals surface area (Å²) in [6, 6.07) is 17.1. The van der Waals surface area contributed by atoms with Crippen LogP contribution in [0, 0.1) is 3.57 Å². The lowest BCUT2D eigenvalue weighted by Crippen LogP contribution is -2.46. The molecule has 3 N–H and O–H groups in total. The molecule has 0 unspecified atom stereocenters. The summed E-state index contributed by atoms with van der Waals surface area (Å²) < 4.78 is 34.2. The molecule has 0 saturated carbocycles. The summed E-state index contributed by atoms with van der Waals surface area (Å²) in [5.74, 6) is -0.711. The molecule has 0 aromatic heterocycles. The summed E-state index contributed by atoms with van der Waals surface area (Å²) in [7, 11) is -2.59. The van der Waals surface area contributed by atoms with E-state index < -0.39 is 22.0 Å². The van der Waals surface area contributed by atoms with Gasteiger partial charge in [0, 0.05) is 3.57 Å². The van der Waals surface area contributed by atoms with Crippen LogP contribution in [0.25, 0.3) is 0 Å². The average molecular weight is 614 g/mol. The Hall–Kier alpha value is -2.67. The van der Waals surface area contributed by atoms with Crippen molar-refractivity contribution < 1.29 is 23.1 Å². The van der Waals surface area contributed by atoms with Crippen LogP contribution in [0.4, 0.5) is 0 Å². The van der Waals surface area contributed by atoms with Crippen LogP contribution in [-0.4, -0.2) is 38.8 Å². The van der Waals surface area contributed by atoms with Crippen molar-refractivity contribution in [2.24, 2.45) is 5.10 Å². The van der Waals surface area contributed by atoms with Gasteiger partial charge in [0.15, 0.2) is 11.5 Å². The summed E-state index contributed by atoms with van der Waals surface area (Å²) in [6.45, 7) is 0. The SMILES string of the molecule is COc1cc(/C=N\NC(=O)[C@@H](Cc2ccccc2)NS(=O)(=O)c2ccc(I)cc2)cc(Cl)c1O. The van der Waals surface area contributed by atoms with Crippen molar-refractivity contribution in [2.75, 3.05) is 7.11 Å². The van der Waals surface area contributed by atoms with E-state index in [1.165, 1.54) is 37.6 Å². The molecular formula is C23H21ClIN3O5S. The highest BCUT2D eigenvalue weighted by atomic mass is 127. The van der Waals surface area contributed by atoms with E-state index in [4.69, 9.17) is 16.3 Å². The third kappa shape index (κ3) is 6.92. The van der Waals surface area contributed by atoms with E-state index in [9.17, 15) is 18.3 Å². The number of phenols is 1. The Morgan fingerprint density at radius 1 is 1.18 bits per heavy atom. The molecule has 0 radical (unpaired) electrons. The number of amides is 1. The molecule has 0 bridgehead atoms. The molecule has 1 atom stereocenters. The Bertz CT molecular complexity index is 1290. The van der Waals surface area contributed by atoms with E-state index in [1.807, 2.05) is 6.07 Å². The lowest BCUT2D eigenvalue weighted by atomic mass is 10.1. The number of ether oxygens (including phenoxy) is 1. The van der Waals surface area contributed by atoms with Crippen molar-refractivity contribution in [2.45, 2.75) is 17.4 Å². The first-order valence-corrected chi connectivity index (χ1v) is 12.8. The van der Waals surface area contributed by atoms with Crippen LogP contribution in [0.15, 0.2) is 76.7 Å². The summed E-state index contributed by atoms with van der Waals surface area (Å²) in [5.41, 5.74) is 3.59. The third-order valence-electron chi connectivity index (χ3n) is 4.68. The molecule has 0 aliphatic rings. The largest absolute Gasteiger partial charge is 0.503 e. The van der Waals surface area contributed by atoms with E-state index >= 15 is 0 Å². The summed E-state index contributed by atoms with van der Waals surface area (Å²) in [5, 5.41) is 13.8. The van der Waals surface area contributed by atoms with Crippen molar-refractivity contribution in [3.63, 3.8) is 0 Å². The van der Waals surface area contributed by atoms with Gasteiger partial charge >= 0.3 is 0 Å². The number of phenolic OH excluding ortho intramolecular Hbond substituents is 1. The summed E-state index contributed by atoms with van der Waals surface area (Å²) in [4.78, 5) is 13.0. The molecule has 8 nitrogen and oxygen atoms in total. The minimum Gasteiger partial charge on any atom is -0.503 e. The number of benzene rings is 3. The molecule has 3 aromatic carbocycles. The predicted octanol–water partition coefficient (Wildman–Crippen LogP) is 3.70. The van der Waals surface area contributed by atoms with Gasteiger partial charge in [0.25, 0.3) is 5.91 Å². The molecule has 3 aromatic rings. The maximum absolute atomic E-state index is 12.9. The smallest absolute Gasteiger partial charge is 0.258 e. The number of hydrazone groups is 1. The number of methoxy groups -OCH3 is 1. The fraction of sp³-hybridized carbons (Fsp3) is 0.130. The minimum absolute atomic E-state index is 0.0492. The zero-order valence-electron chi connectivity index (χ0n) is 17.9. The maximum atomic E-state index is 12.9. The second kappa shape index (κ2) is 11.6.